The molecule has 1 aliphatic rings. The van der Waals surface area contributed by atoms with Gasteiger partial charge in [0.15, 0.2) is 0 Å². The van der Waals surface area contributed by atoms with Crippen molar-refractivity contribution in [2.45, 2.75) is 18.8 Å². The van der Waals surface area contributed by atoms with E-state index in [9.17, 15) is 0 Å². The molecule has 4 nitrogen and oxygen atoms in total. The van der Waals surface area contributed by atoms with E-state index in [0.29, 0.717) is 5.92 Å². The van der Waals surface area contributed by atoms with Crippen molar-refractivity contribution in [2.24, 2.45) is 0 Å². The van der Waals surface area contributed by atoms with Crippen LogP contribution in [0.1, 0.15) is 23.8 Å². The molecule has 2 aromatic rings. The van der Waals surface area contributed by atoms with Crippen LogP contribution in [0.5, 0.6) is 0 Å². The number of hydrogen-bond acceptors (Lipinski definition) is 5. The summed E-state index contributed by atoms with van der Waals surface area (Å²) >= 11 is 1.76. The van der Waals surface area contributed by atoms with Crippen LogP contribution in [-0.4, -0.2) is 28.0 Å². The standard InChI is InChI=1S/C12H14N4S/c1-2-10(12-14-5-7-17-12)8-16(6-1)11-3-4-13-9-15-11/h3-5,7,9-10H,1-2,6,8H2/t10-/m1/s1. The molecule has 3 heterocycles. The Morgan fingerprint density at radius 1 is 1.29 bits per heavy atom. The average Bonchev–Trinajstić information content (AvgIpc) is 2.94. The summed E-state index contributed by atoms with van der Waals surface area (Å²) in [5.74, 6) is 1.58. The zero-order valence-electron chi connectivity index (χ0n) is 9.49. The second-order valence-electron chi connectivity index (χ2n) is 4.22. The Hall–Kier alpha value is -1.49. The van der Waals surface area contributed by atoms with Crippen molar-refractivity contribution >= 4 is 17.2 Å². The van der Waals surface area contributed by atoms with E-state index >= 15 is 0 Å². The van der Waals surface area contributed by atoms with Gasteiger partial charge in [0.25, 0.3) is 0 Å². The van der Waals surface area contributed by atoms with E-state index in [1.165, 1.54) is 17.8 Å². The highest BCUT2D eigenvalue weighted by Crippen LogP contribution is 2.29. The van der Waals surface area contributed by atoms with Gasteiger partial charge in [-0.1, -0.05) is 0 Å². The maximum atomic E-state index is 4.43. The van der Waals surface area contributed by atoms with Gasteiger partial charge in [-0.15, -0.1) is 11.3 Å². The zero-order chi connectivity index (χ0) is 11.5. The van der Waals surface area contributed by atoms with E-state index in [-0.39, 0.29) is 0 Å². The van der Waals surface area contributed by atoms with Gasteiger partial charge < -0.3 is 4.90 Å². The molecule has 1 atom stereocenters. The normalized spacial score (nSPS) is 20.5. The Balaban J connectivity index is 1.76. The van der Waals surface area contributed by atoms with E-state index in [2.05, 4.69) is 25.2 Å². The van der Waals surface area contributed by atoms with Gasteiger partial charge in [0, 0.05) is 36.8 Å². The first-order valence-electron chi connectivity index (χ1n) is 5.84. The molecule has 0 saturated carbocycles. The molecular formula is C12H14N4S. The summed E-state index contributed by atoms with van der Waals surface area (Å²) in [5, 5.41) is 3.31. The topological polar surface area (TPSA) is 41.9 Å². The van der Waals surface area contributed by atoms with Gasteiger partial charge in [-0.05, 0) is 18.9 Å². The fourth-order valence-electron chi connectivity index (χ4n) is 2.29. The first-order valence-corrected chi connectivity index (χ1v) is 6.72. The second-order valence-corrected chi connectivity index (χ2v) is 5.15. The summed E-state index contributed by atoms with van der Waals surface area (Å²) in [7, 11) is 0. The summed E-state index contributed by atoms with van der Waals surface area (Å²) in [6, 6.07) is 1.98. The molecular weight excluding hydrogens is 232 g/mol. The minimum absolute atomic E-state index is 0.554. The summed E-state index contributed by atoms with van der Waals surface area (Å²) in [4.78, 5) is 15.0. The van der Waals surface area contributed by atoms with Crippen molar-refractivity contribution in [3.63, 3.8) is 0 Å². The molecule has 0 bridgehead atoms. The summed E-state index contributed by atoms with van der Waals surface area (Å²) in [6.07, 6.45) is 7.74. The number of aromatic nitrogens is 3. The third-order valence-electron chi connectivity index (χ3n) is 3.11. The van der Waals surface area contributed by atoms with Crippen LogP contribution < -0.4 is 4.90 Å². The number of anilines is 1. The Morgan fingerprint density at radius 2 is 2.29 bits per heavy atom. The largest absolute Gasteiger partial charge is 0.356 e. The van der Waals surface area contributed by atoms with E-state index in [4.69, 9.17) is 0 Å². The van der Waals surface area contributed by atoms with Crippen LogP contribution in [-0.2, 0) is 0 Å². The van der Waals surface area contributed by atoms with Gasteiger partial charge in [0.2, 0.25) is 0 Å². The van der Waals surface area contributed by atoms with E-state index in [0.717, 1.165) is 18.9 Å². The van der Waals surface area contributed by atoms with Gasteiger partial charge in [-0.25, -0.2) is 15.0 Å². The number of rotatable bonds is 2. The predicted octanol–water partition coefficient (Wildman–Crippen LogP) is 2.32. The highest BCUT2D eigenvalue weighted by Gasteiger charge is 2.23. The molecule has 0 amide bonds. The lowest BCUT2D eigenvalue weighted by Crippen LogP contribution is -2.34. The molecule has 0 aliphatic carbocycles. The fourth-order valence-corrected chi connectivity index (χ4v) is 3.06. The van der Waals surface area contributed by atoms with Gasteiger partial charge in [0.05, 0.1) is 5.01 Å². The zero-order valence-corrected chi connectivity index (χ0v) is 10.3. The van der Waals surface area contributed by atoms with Crippen molar-refractivity contribution < 1.29 is 0 Å². The smallest absolute Gasteiger partial charge is 0.131 e. The molecule has 3 rings (SSSR count). The lowest BCUT2D eigenvalue weighted by Gasteiger charge is -2.32. The second kappa shape index (κ2) is 4.79. The summed E-state index contributed by atoms with van der Waals surface area (Å²) in [6.45, 7) is 2.10. The van der Waals surface area contributed by atoms with Crippen molar-refractivity contribution in [3.05, 3.63) is 35.2 Å². The number of nitrogens with zero attached hydrogens (tertiary/aromatic N) is 4. The molecule has 2 aromatic heterocycles. The minimum atomic E-state index is 0.554. The lowest BCUT2D eigenvalue weighted by molar-refractivity contribution is 0.505. The maximum Gasteiger partial charge on any atom is 0.131 e. The first kappa shape index (κ1) is 10.7. The molecule has 88 valence electrons. The van der Waals surface area contributed by atoms with Gasteiger partial charge >= 0.3 is 0 Å². The van der Waals surface area contributed by atoms with Crippen LogP contribution in [0, 0.1) is 0 Å². The fraction of sp³-hybridized carbons (Fsp3) is 0.417. The van der Waals surface area contributed by atoms with Crippen LogP contribution in [0.2, 0.25) is 0 Å². The van der Waals surface area contributed by atoms with Crippen molar-refractivity contribution in [2.75, 3.05) is 18.0 Å². The molecule has 0 N–H and O–H groups in total. The van der Waals surface area contributed by atoms with Crippen LogP contribution >= 0.6 is 11.3 Å². The Kier molecular flexibility index (Phi) is 3.00. The maximum absolute atomic E-state index is 4.43. The van der Waals surface area contributed by atoms with E-state index in [1.54, 1.807) is 23.9 Å². The molecule has 0 spiro atoms. The SMILES string of the molecule is c1cc(N2CCC[C@@H](c3nccs3)C2)ncn1. The molecule has 1 aliphatic heterocycles. The minimum Gasteiger partial charge on any atom is -0.356 e. The highest BCUT2D eigenvalue weighted by molar-refractivity contribution is 7.09. The van der Waals surface area contributed by atoms with Crippen LogP contribution in [0.15, 0.2) is 30.2 Å². The quantitative estimate of drug-likeness (QED) is 0.815. The van der Waals surface area contributed by atoms with Gasteiger partial charge in [-0.2, -0.15) is 0 Å². The molecule has 5 heteroatoms. The molecule has 0 aromatic carbocycles. The van der Waals surface area contributed by atoms with Crippen LogP contribution in [0.3, 0.4) is 0 Å². The van der Waals surface area contributed by atoms with Crippen molar-refractivity contribution in [3.8, 4) is 0 Å². The third-order valence-corrected chi connectivity index (χ3v) is 4.05. The van der Waals surface area contributed by atoms with Crippen LogP contribution in [0.25, 0.3) is 0 Å². The summed E-state index contributed by atoms with van der Waals surface area (Å²) in [5.41, 5.74) is 0. The van der Waals surface area contributed by atoms with Crippen LogP contribution in [0.4, 0.5) is 5.82 Å². The first-order chi connectivity index (χ1) is 8.43. The van der Waals surface area contributed by atoms with E-state index < -0.39 is 0 Å². The number of thiazole rings is 1. The highest BCUT2D eigenvalue weighted by atomic mass is 32.1. The lowest BCUT2D eigenvalue weighted by atomic mass is 9.99. The Labute approximate surface area is 104 Å². The predicted molar refractivity (Wildman–Crippen MR) is 68.3 cm³/mol. The Bertz CT molecular complexity index is 457. The van der Waals surface area contributed by atoms with Crippen molar-refractivity contribution in [1.82, 2.24) is 15.0 Å². The molecule has 1 fully saturated rings. The average molecular weight is 246 g/mol. The van der Waals surface area contributed by atoms with Gasteiger partial charge in [0.1, 0.15) is 12.1 Å². The molecule has 1 saturated heterocycles. The monoisotopic (exact) mass is 246 g/mol. The molecule has 0 unspecified atom stereocenters. The Morgan fingerprint density at radius 3 is 3.06 bits per heavy atom. The third kappa shape index (κ3) is 2.29. The molecule has 0 radical (unpaired) electrons. The number of piperidine rings is 1. The van der Waals surface area contributed by atoms with Crippen molar-refractivity contribution in [1.29, 1.82) is 0 Å². The van der Waals surface area contributed by atoms with Gasteiger partial charge in [-0.3, -0.25) is 0 Å². The molecule has 17 heavy (non-hydrogen) atoms. The summed E-state index contributed by atoms with van der Waals surface area (Å²) < 4.78 is 0. The van der Waals surface area contributed by atoms with E-state index in [1.807, 2.05) is 12.3 Å². The number of hydrogen-bond donors (Lipinski definition) is 0.